The van der Waals surface area contributed by atoms with Crippen LogP contribution in [0.5, 0.6) is 23.0 Å². The number of ether oxygens (including phenoxy) is 4. The highest BCUT2D eigenvalue weighted by atomic mass is 32.1. The van der Waals surface area contributed by atoms with E-state index in [2.05, 4.69) is 224 Å². The largest absolute Gasteiger partial charge is 0.494 e. The van der Waals surface area contributed by atoms with Crippen LogP contribution in [0.1, 0.15) is 456 Å². The minimum Gasteiger partial charge on any atom is -0.494 e. The second-order valence-corrected chi connectivity index (χ2v) is 43.7. The highest BCUT2D eigenvalue weighted by Gasteiger charge is 2.58. The monoisotopic (exact) mass is 1850 g/mol. The maximum Gasteiger partial charge on any atom is 0.119 e. The summed E-state index contributed by atoms with van der Waals surface area (Å²) in [5.41, 5.74) is 24.7. The van der Waals surface area contributed by atoms with Crippen molar-refractivity contribution < 1.29 is 18.9 Å². The van der Waals surface area contributed by atoms with Crippen molar-refractivity contribution in [3.63, 3.8) is 0 Å². The Morgan fingerprint density at radius 3 is 0.902 bits per heavy atom. The fourth-order valence-electron chi connectivity index (χ4n) is 23.7. The summed E-state index contributed by atoms with van der Waals surface area (Å²) >= 11 is 7.56. The number of thiophene rings is 3. The molecule has 7 aromatic carbocycles. The minimum absolute atomic E-state index is 0.215. The van der Waals surface area contributed by atoms with E-state index < -0.39 is 10.8 Å². The van der Waals surface area contributed by atoms with Crippen molar-refractivity contribution in [3.8, 4) is 75.2 Å². The van der Waals surface area contributed by atoms with E-state index in [0.717, 1.165) is 99.0 Å². The third-order valence-electron chi connectivity index (χ3n) is 30.8. The van der Waals surface area contributed by atoms with Crippen molar-refractivity contribution in [3.05, 3.63) is 224 Å². The third-order valence-corrected chi connectivity index (χ3v) is 34.7. The highest BCUT2D eigenvalue weighted by Crippen LogP contribution is 2.72. The van der Waals surface area contributed by atoms with E-state index >= 15 is 0 Å². The van der Waals surface area contributed by atoms with Gasteiger partial charge in [0.1, 0.15) is 34.0 Å². The maximum absolute atomic E-state index is 6.82. The number of hydrogen-bond acceptors (Lipinski definition) is 10. The highest BCUT2D eigenvalue weighted by molar-refractivity contribution is 7.20. The van der Waals surface area contributed by atoms with Crippen molar-refractivity contribution in [1.82, 2.24) is 8.75 Å². The van der Waals surface area contributed by atoms with Crippen molar-refractivity contribution in [2.75, 3.05) is 26.4 Å². The molecule has 10 heteroatoms. The molecule has 0 saturated carbocycles. The first kappa shape index (κ1) is 99.1. The van der Waals surface area contributed by atoms with Gasteiger partial charge in [-0.05, 0) is 237 Å². The van der Waals surface area contributed by atoms with Crippen LogP contribution in [0.3, 0.4) is 0 Å². The van der Waals surface area contributed by atoms with Gasteiger partial charge in [0.2, 0.25) is 0 Å². The molecule has 4 heterocycles. The van der Waals surface area contributed by atoms with E-state index in [1.807, 2.05) is 22.7 Å². The quantitative estimate of drug-likeness (QED) is 0.0354. The van der Waals surface area contributed by atoms with Crippen LogP contribution in [0.4, 0.5) is 0 Å². The molecule has 6 nitrogen and oxygen atoms in total. The average Bonchev–Trinajstić information content (AvgIpc) is 1.48. The standard InChI is InChI=1S/C122H162N2O4S4/c1-9-17-25-33-41-49-77-119(78-50-42-34-26-18-10-2)105-86-102-107(121(104-76-85-129-115(102)104,91-60-68-95(69-61-91)125-81-53-45-37-29-21-13-5)92-62-70-96(71-63-92)126-82-54-46-38-30-22-14-6)88-100(105)117-112(119)113-118(131-117)101-89-108-103(87-106(101)120(113,79-51-43-35-27-19-11-3)80-52-44-36-28-20-12-4)116-109(90-111(130-116)99-58-57-59-110-114(99)124-132-123-110)122(108,93-64-72-97(73-65-93)127-83-55-47-39-31-23-15-7)94-66-74-98(75-67-94)128-84-56-48-40-32-24-16-8/h57-76,85-90H,9-56,77-84H2,1-8H3. The van der Waals surface area contributed by atoms with Gasteiger partial charge in [0.05, 0.1) is 49.0 Å². The van der Waals surface area contributed by atoms with Gasteiger partial charge >= 0.3 is 0 Å². The van der Waals surface area contributed by atoms with Gasteiger partial charge in [0.25, 0.3) is 0 Å². The Labute approximate surface area is 814 Å². The number of fused-ring (bicyclic) bond motifs is 14. The molecule has 0 saturated heterocycles. The van der Waals surface area contributed by atoms with Crippen molar-refractivity contribution in [2.24, 2.45) is 0 Å². The van der Waals surface area contributed by atoms with Gasteiger partial charge in [-0.15, -0.1) is 34.0 Å². The first-order valence-corrected chi connectivity index (χ1v) is 57.4. The molecule has 4 aromatic heterocycles. The number of nitrogens with zero attached hydrogens (tertiary/aromatic N) is 2. The number of benzene rings is 7. The average molecular weight is 1850 g/mol. The van der Waals surface area contributed by atoms with Crippen molar-refractivity contribution in [1.29, 1.82) is 0 Å². The van der Waals surface area contributed by atoms with Crippen molar-refractivity contribution >= 4 is 56.8 Å². The third kappa shape index (κ3) is 22.1. The van der Waals surface area contributed by atoms with Crippen LogP contribution in [-0.2, 0) is 21.7 Å². The Kier molecular flexibility index (Phi) is 37.6. The second kappa shape index (κ2) is 50.1. The van der Waals surface area contributed by atoms with Gasteiger partial charge in [0.15, 0.2) is 0 Å². The SMILES string of the molecule is CCCCCCCCOc1ccc(C2(c3ccc(OCCCCCCCC)cc3)c3cc4c(cc3-c3sccc32)C(CCCCCCCC)(CCCCCCCC)c2c-4sc3c2C(CCCCCCCC)(CCCCCCCC)c2cc4c(cc2-3)C(c2ccc(OCCCCCCCC)cc2)(c2ccc(OCCCCCCCC)cc2)c2cc(-c3cccc5nsnc35)sc2-4)cc1. The first-order valence-electron chi connectivity index (χ1n) is 54.1. The van der Waals surface area contributed by atoms with Gasteiger partial charge in [-0.25, -0.2) is 0 Å². The van der Waals surface area contributed by atoms with E-state index in [-0.39, 0.29) is 10.8 Å². The number of aromatic nitrogens is 2. The van der Waals surface area contributed by atoms with Gasteiger partial charge in [-0.2, -0.15) is 8.75 Å². The number of unbranched alkanes of at least 4 members (excludes halogenated alkanes) is 40. The fraction of sp³-hybridized carbons (Fsp3) is 0.557. The number of hydrogen-bond donors (Lipinski definition) is 0. The molecule has 0 unspecified atom stereocenters. The molecule has 0 fully saturated rings. The fourth-order valence-corrected chi connectivity index (χ4v) is 28.0. The molecular weight excluding hydrogens is 1690 g/mol. The molecule has 11 aromatic rings. The molecule has 4 aliphatic carbocycles. The molecule has 0 amide bonds. The summed E-state index contributed by atoms with van der Waals surface area (Å²) in [5.74, 6) is 3.82. The molecule has 708 valence electrons. The topological polar surface area (TPSA) is 62.7 Å². The molecule has 4 aliphatic rings. The lowest BCUT2D eigenvalue weighted by Gasteiger charge is -2.39. The molecule has 0 spiro atoms. The zero-order valence-electron chi connectivity index (χ0n) is 82.8. The maximum atomic E-state index is 6.82. The molecule has 0 aliphatic heterocycles. The van der Waals surface area contributed by atoms with E-state index in [4.69, 9.17) is 27.7 Å². The van der Waals surface area contributed by atoms with Gasteiger partial charge in [-0.3, -0.25) is 0 Å². The van der Waals surface area contributed by atoms with E-state index in [0.29, 0.717) is 0 Å². The molecule has 0 bridgehead atoms. The van der Waals surface area contributed by atoms with Crippen molar-refractivity contribution in [2.45, 2.75) is 411 Å². The lowest BCUT2D eigenvalue weighted by molar-refractivity contribution is 0.304. The second-order valence-electron chi connectivity index (χ2n) is 40.1. The van der Waals surface area contributed by atoms with Crippen LogP contribution in [0, 0.1) is 0 Å². The summed E-state index contributed by atoms with van der Waals surface area (Å²) in [6, 6.07) is 61.6. The Hall–Kier alpha value is -7.34. The van der Waals surface area contributed by atoms with E-state index in [9.17, 15) is 0 Å². The van der Waals surface area contributed by atoms with Gasteiger partial charge in [-0.1, -0.05) is 399 Å². The van der Waals surface area contributed by atoms with Crippen LogP contribution in [-0.4, -0.2) is 35.2 Å². The van der Waals surface area contributed by atoms with Crippen LogP contribution in [0.15, 0.2) is 157 Å². The first-order chi connectivity index (χ1) is 65.2. The molecule has 0 N–H and O–H groups in total. The summed E-state index contributed by atoms with van der Waals surface area (Å²) in [4.78, 5) is 7.21. The molecule has 15 rings (SSSR count). The zero-order chi connectivity index (χ0) is 91.2. The molecule has 0 atom stereocenters. The number of rotatable bonds is 65. The molecule has 0 radical (unpaired) electrons. The van der Waals surface area contributed by atoms with E-state index in [1.165, 1.54) is 394 Å². The van der Waals surface area contributed by atoms with Crippen LogP contribution < -0.4 is 18.9 Å². The minimum atomic E-state index is -0.728. The predicted molar refractivity (Wildman–Crippen MR) is 571 cm³/mol. The summed E-state index contributed by atoms with van der Waals surface area (Å²) in [7, 11) is 0. The Morgan fingerprint density at radius 1 is 0.250 bits per heavy atom. The molecule has 132 heavy (non-hydrogen) atoms. The summed E-state index contributed by atoms with van der Waals surface area (Å²) in [6.45, 7) is 21.7. The lowest BCUT2D eigenvalue weighted by Crippen LogP contribution is -2.33. The zero-order valence-corrected chi connectivity index (χ0v) is 86.0. The lowest BCUT2D eigenvalue weighted by atomic mass is 9.63. The van der Waals surface area contributed by atoms with Gasteiger partial charge in [0, 0.05) is 40.8 Å². The van der Waals surface area contributed by atoms with Crippen LogP contribution in [0.2, 0.25) is 0 Å². The summed E-state index contributed by atoms with van der Waals surface area (Å²) in [5, 5.41) is 2.43. The van der Waals surface area contributed by atoms with E-state index in [1.54, 1.807) is 32.0 Å². The van der Waals surface area contributed by atoms with Crippen LogP contribution >= 0.6 is 45.7 Å². The van der Waals surface area contributed by atoms with Gasteiger partial charge < -0.3 is 18.9 Å². The Morgan fingerprint density at radius 2 is 0.553 bits per heavy atom. The smallest absolute Gasteiger partial charge is 0.119 e. The summed E-state index contributed by atoms with van der Waals surface area (Å²) in [6.07, 6.45) is 64.9. The van der Waals surface area contributed by atoms with Crippen LogP contribution in [0.25, 0.3) is 63.2 Å². The normalized spacial score (nSPS) is 14.2. The predicted octanol–water partition coefficient (Wildman–Crippen LogP) is 38.8. The Balaban J connectivity index is 0.978. The summed E-state index contributed by atoms with van der Waals surface area (Å²) < 4.78 is 37.1. The molecular formula is C122H162N2O4S4. The Bertz CT molecular complexity index is 5150.